The van der Waals surface area contributed by atoms with Gasteiger partial charge in [0.1, 0.15) is 11.5 Å². The van der Waals surface area contributed by atoms with Crippen LogP contribution in [0.4, 0.5) is 0 Å². The number of morpholine rings is 2. The van der Waals surface area contributed by atoms with Crippen LogP contribution in [-0.4, -0.2) is 143 Å². The molecule has 16 nitrogen and oxygen atoms in total. The fourth-order valence-corrected chi connectivity index (χ4v) is 12.2. The summed E-state index contributed by atoms with van der Waals surface area (Å²) < 4.78 is 25.8. The third-order valence-corrected chi connectivity index (χ3v) is 15.4. The second-order valence-corrected chi connectivity index (χ2v) is 18.9. The largest absolute Gasteiger partial charge is 0.496 e. The van der Waals surface area contributed by atoms with Crippen molar-refractivity contribution in [1.82, 2.24) is 28.7 Å². The Morgan fingerprint density at radius 2 is 0.986 bits per heavy atom. The van der Waals surface area contributed by atoms with Gasteiger partial charge in [-0.15, -0.1) is 0 Å². The average Bonchev–Trinajstić information content (AvgIpc) is 4.14. The lowest BCUT2D eigenvalue weighted by atomic mass is 9.88. The van der Waals surface area contributed by atoms with E-state index in [9.17, 15) is 29.4 Å². The molecule has 4 fully saturated rings. The normalized spacial score (nSPS) is 26.2. The zero-order valence-electron chi connectivity index (χ0n) is 40.6. The fourth-order valence-electron chi connectivity index (χ4n) is 12.2. The van der Waals surface area contributed by atoms with E-state index < -0.39 is 12.1 Å². The number of ether oxygens (including phenoxy) is 4. The van der Waals surface area contributed by atoms with Crippen molar-refractivity contribution < 1.29 is 38.7 Å². The third kappa shape index (κ3) is 9.05. The molecule has 2 aromatic carbocycles. The van der Waals surface area contributed by atoms with Gasteiger partial charge in [0.2, 0.25) is 11.8 Å². The van der Waals surface area contributed by atoms with Crippen LogP contribution in [0.25, 0.3) is 12.2 Å². The zero-order valence-corrected chi connectivity index (χ0v) is 40.6. The number of methoxy groups -OCH3 is 2. The number of fused-ring (bicyclic) bond motifs is 6. The number of carbonyl (C=O) groups excluding carboxylic acids is 2. The maximum Gasteiger partial charge on any atom is 0.258 e. The lowest BCUT2D eigenvalue weighted by Gasteiger charge is -2.36. The number of hydrogen-bond donors (Lipinski definition) is 2. The molecule has 0 radical (unpaired) electrons. The van der Waals surface area contributed by atoms with Crippen LogP contribution in [0.5, 0.6) is 11.5 Å². The topological polar surface area (TPSA) is 168 Å². The number of amides is 2. The van der Waals surface area contributed by atoms with Crippen molar-refractivity contribution in [3.63, 3.8) is 0 Å². The first kappa shape index (κ1) is 49.1. The summed E-state index contributed by atoms with van der Waals surface area (Å²) in [6.07, 6.45) is 7.37. The van der Waals surface area contributed by atoms with Gasteiger partial charge < -0.3 is 48.1 Å². The number of rotatable bonds is 12. The van der Waals surface area contributed by atoms with Gasteiger partial charge in [-0.2, -0.15) is 0 Å². The molecular weight excluding hydrogens is 893 g/mol. The quantitative estimate of drug-likeness (QED) is 0.211. The molecule has 2 amide bonds. The van der Waals surface area contributed by atoms with Crippen molar-refractivity contribution in [2.75, 3.05) is 80.0 Å². The van der Waals surface area contributed by atoms with E-state index in [-0.39, 0.29) is 71.9 Å². The van der Waals surface area contributed by atoms with Crippen LogP contribution >= 0.6 is 0 Å². The first-order chi connectivity index (χ1) is 34.2. The summed E-state index contributed by atoms with van der Waals surface area (Å²) in [5, 5.41) is 21.1. The Morgan fingerprint density at radius 1 is 0.600 bits per heavy atom. The summed E-state index contributed by atoms with van der Waals surface area (Å²) >= 11 is 0. The maximum atomic E-state index is 13.9. The molecule has 6 aliphatic rings. The monoisotopic (exact) mass is 958 g/mol. The van der Waals surface area contributed by atoms with Gasteiger partial charge in [-0.3, -0.25) is 29.0 Å². The third-order valence-electron chi connectivity index (χ3n) is 15.4. The number of pyridine rings is 2. The van der Waals surface area contributed by atoms with E-state index in [2.05, 4.69) is 9.80 Å². The number of aliphatic hydroxyl groups is 2. The molecule has 16 heteroatoms. The Hall–Kier alpha value is -5.88. The SMILES string of the molecule is C/C=C/c1ccc2n(c1=O)C[C@H]1[C@H](CO)[C@@H](C(=O)N3CCOCC3)N(Cc3ccccc3OC)[C@@H]21.C/C=C\c1ccc2n(c1=O)C[C@H]1[C@H](CO)[C@@H](C(=O)N3CCOCC3)N(Cc3ccccc3OC)[C@@H]21. The number of allylic oxidation sites excluding steroid dienone is 2. The van der Waals surface area contributed by atoms with Crippen LogP contribution in [-0.2, 0) is 45.2 Å². The molecule has 10 rings (SSSR count). The van der Waals surface area contributed by atoms with Gasteiger partial charge in [0.15, 0.2) is 0 Å². The van der Waals surface area contributed by atoms with Crippen LogP contribution in [0.3, 0.4) is 0 Å². The zero-order chi connectivity index (χ0) is 49.1. The minimum atomic E-state index is -0.489. The van der Waals surface area contributed by atoms with Crippen LogP contribution < -0.4 is 20.6 Å². The van der Waals surface area contributed by atoms with Crippen molar-refractivity contribution in [3.8, 4) is 11.5 Å². The standard InChI is InChI=1S/2C27H33N3O5/c2*1-3-6-18-9-10-22-24-20(16-29(22)26(18)32)21(17-31)25(27(33)28-11-13-35-14-12-28)30(24)15-19-7-4-5-8-23(19)34-2/h2*3-10,20-21,24-25,31H,11-17H2,1-2H3/b6-3+;6-3-/t2*20-,21-,24+,25-/m00/s1. The number of aromatic nitrogens is 2. The smallest absolute Gasteiger partial charge is 0.258 e. The molecular formula is C54H66N6O10. The Balaban J connectivity index is 0.000000174. The number of benzene rings is 2. The second-order valence-electron chi connectivity index (χ2n) is 18.9. The van der Waals surface area contributed by atoms with Crippen LogP contribution in [0.15, 0.2) is 94.5 Å². The highest BCUT2D eigenvalue weighted by Gasteiger charge is 2.58. The minimum absolute atomic E-state index is 0.0241. The van der Waals surface area contributed by atoms with Crippen molar-refractivity contribution in [3.05, 3.63) is 139 Å². The summed E-state index contributed by atoms with van der Waals surface area (Å²) in [6, 6.07) is 22.1. The molecule has 70 heavy (non-hydrogen) atoms. The van der Waals surface area contributed by atoms with E-state index in [1.54, 1.807) is 14.2 Å². The van der Waals surface area contributed by atoms with Crippen LogP contribution in [0.2, 0.25) is 0 Å². The molecule has 372 valence electrons. The molecule has 8 atom stereocenters. The molecule has 0 bridgehead atoms. The Morgan fingerprint density at radius 3 is 1.34 bits per heavy atom. The predicted molar refractivity (Wildman–Crippen MR) is 264 cm³/mol. The van der Waals surface area contributed by atoms with Crippen molar-refractivity contribution in [1.29, 1.82) is 0 Å². The molecule has 0 aliphatic carbocycles. The molecule has 2 aromatic heterocycles. The lowest BCUT2D eigenvalue weighted by molar-refractivity contribution is -0.143. The fraction of sp³-hybridized carbons (Fsp3) is 0.481. The minimum Gasteiger partial charge on any atom is -0.496 e. The van der Waals surface area contributed by atoms with Gasteiger partial charge in [-0.25, -0.2) is 0 Å². The van der Waals surface area contributed by atoms with E-state index in [4.69, 9.17) is 18.9 Å². The maximum absolute atomic E-state index is 13.9. The van der Waals surface area contributed by atoms with Gasteiger partial charge in [0.25, 0.3) is 11.1 Å². The number of aliphatic hydroxyl groups excluding tert-OH is 2. The van der Waals surface area contributed by atoms with Gasteiger partial charge in [0.05, 0.1) is 64.8 Å². The summed E-state index contributed by atoms with van der Waals surface area (Å²) in [6.45, 7) is 9.78. The van der Waals surface area contributed by atoms with Crippen molar-refractivity contribution in [2.24, 2.45) is 23.7 Å². The van der Waals surface area contributed by atoms with Gasteiger partial charge in [-0.05, 0) is 50.2 Å². The summed E-state index contributed by atoms with van der Waals surface area (Å²) in [7, 11) is 3.29. The highest BCUT2D eigenvalue weighted by molar-refractivity contribution is 5.84. The summed E-state index contributed by atoms with van der Waals surface area (Å²) in [4.78, 5) is 62.3. The van der Waals surface area contributed by atoms with E-state index in [0.29, 0.717) is 89.9 Å². The van der Waals surface area contributed by atoms with E-state index in [1.165, 1.54) is 0 Å². The van der Waals surface area contributed by atoms with Crippen LogP contribution in [0.1, 0.15) is 59.6 Å². The predicted octanol–water partition coefficient (Wildman–Crippen LogP) is 3.83. The lowest BCUT2D eigenvalue weighted by Crippen LogP contribution is -2.52. The van der Waals surface area contributed by atoms with Gasteiger partial charge in [-0.1, -0.05) is 60.7 Å². The number of nitrogens with zero attached hydrogens (tertiary/aromatic N) is 6. The number of para-hydroxylation sites is 2. The van der Waals surface area contributed by atoms with Crippen LogP contribution in [0, 0.1) is 23.7 Å². The average molecular weight is 959 g/mol. The first-order valence-electron chi connectivity index (χ1n) is 24.6. The van der Waals surface area contributed by atoms with E-state index in [1.807, 2.05) is 130 Å². The Kier molecular flexibility index (Phi) is 15.2. The van der Waals surface area contributed by atoms with Gasteiger partial charge in [0, 0.05) is 123 Å². The molecule has 4 aromatic rings. The molecule has 6 aliphatic heterocycles. The van der Waals surface area contributed by atoms with Crippen molar-refractivity contribution >= 4 is 24.0 Å². The summed E-state index contributed by atoms with van der Waals surface area (Å²) in [5.41, 5.74) is 4.98. The number of likely N-dealkylation sites (tertiary alicyclic amines) is 2. The molecule has 8 heterocycles. The van der Waals surface area contributed by atoms with Gasteiger partial charge >= 0.3 is 0 Å². The molecule has 0 saturated carbocycles. The van der Waals surface area contributed by atoms with E-state index in [0.717, 1.165) is 34.0 Å². The first-order valence-corrected chi connectivity index (χ1v) is 24.6. The molecule has 0 unspecified atom stereocenters. The highest BCUT2D eigenvalue weighted by Crippen LogP contribution is 2.52. The Bertz CT molecular complexity index is 2520. The second kappa shape index (κ2) is 21.6. The molecule has 2 N–H and O–H groups in total. The highest BCUT2D eigenvalue weighted by atomic mass is 16.5. The van der Waals surface area contributed by atoms with Crippen molar-refractivity contribution in [2.45, 2.75) is 64.2 Å². The summed E-state index contributed by atoms with van der Waals surface area (Å²) in [5.74, 6) is 0.911. The number of hydrogen-bond acceptors (Lipinski definition) is 12. The number of carbonyl (C=O) groups is 2. The Labute approximate surface area is 408 Å². The molecule has 0 spiro atoms. The molecule has 4 saturated heterocycles. The van der Waals surface area contributed by atoms with E-state index >= 15 is 0 Å².